The van der Waals surface area contributed by atoms with Crippen LogP contribution in [0.3, 0.4) is 0 Å². The molecule has 1 aromatic heterocycles. The van der Waals surface area contributed by atoms with Gasteiger partial charge in [-0.25, -0.2) is 8.42 Å². The standard InChI is InChI=1S/C12H10BrClN2O3S2/c1-7(17)15-8-3-2-4-9(5-8)16-21(18,19)11-6-10(14)12(13)20-11/h2-6,16H,1H3,(H,15,17). The Morgan fingerprint density at radius 1 is 1.29 bits per heavy atom. The van der Waals surface area contributed by atoms with Gasteiger partial charge in [0.2, 0.25) is 5.91 Å². The fourth-order valence-corrected chi connectivity index (χ4v) is 4.98. The molecule has 0 saturated heterocycles. The monoisotopic (exact) mass is 408 g/mol. The summed E-state index contributed by atoms with van der Waals surface area (Å²) in [7, 11) is -3.72. The molecular weight excluding hydrogens is 400 g/mol. The van der Waals surface area contributed by atoms with Crippen LogP contribution in [0.1, 0.15) is 6.92 Å². The average molecular weight is 410 g/mol. The van der Waals surface area contributed by atoms with Crippen molar-refractivity contribution in [2.75, 3.05) is 10.0 Å². The molecule has 0 aliphatic heterocycles. The molecule has 2 rings (SSSR count). The van der Waals surface area contributed by atoms with Gasteiger partial charge in [0.1, 0.15) is 4.21 Å². The highest BCUT2D eigenvalue weighted by Gasteiger charge is 2.19. The Morgan fingerprint density at radius 3 is 2.52 bits per heavy atom. The first-order valence-electron chi connectivity index (χ1n) is 5.63. The van der Waals surface area contributed by atoms with E-state index in [1.54, 1.807) is 18.2 Å². The van der Waals surface area contributed by atoms with Crippen molar-refractivity contribution in [1.82, 2.24) is 0 Å². The predicted molar refractivity (Wildman–Crippen MR) is 88.6 cm³/mol. The van der Waals surface area contributed by atoms with Gasteiger partial charge >= 0.3 is 0 Å². The summed E-state index contributed by atoms with van der Waals surface area (Å²) in [6.45, 7) is 1.38. The molecule has 2 N–H and O–H groups in total. The van der Waals surface area contributed by atoms with Crippen molar-refractivity contribution in [3.63, 3.8) is 0 Å². The summed E-state index contributed by atoms with van der Waals surface area (Å²) in [4.78, 5) is 11.0. The molecule has 9 heteroatoms. The molecule has 112 valence electrons. The molecular formula is C12H10BrClN2O3S2. The highest BCUT2D eigenvalue weighted by Crippen LogP contribution is 2.35. The summed E-state index contributed by atoms with van der Waals surface area (Å²) in [5.74, 6) is -0.232. The van der Waals surface area contributed by atoms with Crippen LogP contribution in [0, 0.1) is 0 Å². The van der Waals surface area contributed by atoms with Crippen LogP contribution >= 0.6 is 38.9 Å². The Morgan fingerprint density at radius 2 is 1.95 bits per heavy atom. The van der Waals surface area contributed by atoms with Gasteiger partial charge in [0.25, 0.3) is 10.0 Å². The number of hydrogen-bond acceptors (Lipinski definition) is 4. The zero-order valence-corrected chi connectivity index (χ0v) is 14.7. The first-order chi connectivity index (χ1) is 9.78. The second-order valence-corrected chi connectivity index (χ2v) is 8.74. The Labute approximate surface area is 139 Å². The molecule has 0 aliphatic carbocycles. The Balaban J connectivity index is 2.26. The molecule has 1 aromatic carbocycles. The van der Waals surface area contributed by atoms with Crippen LogP contribution in [-0.2, 0) is 14.8 Å². The topological polar surface area (TPSA) is 75.3 Å². The molecule has 1 amide bonds. The van der Waals surface area contributed by atoms with E-state index in [1.165, 1.54) is 19.1 Å². The molecule has 2 aromatic rings. The van der Waals surface area contributed by atoms with Crippen LogP contribution in [0.25, 0.3) is 0 Å². The summed E-state index contributed by atoms with van der Waals surface area (Å²) >= 11 is 10.0. The Bertz CT molecular complexity index is 770. The minimum absolute atomic E-state index is 0.101. The van der Waals surface area contributed by atoms with Gasteiger partial charge in [0.05, 0.1) is 14.5 Å². The molecule has 0 bridgehead atoms. The molecule has 21 heavy (non-hydrogen) atoms. The quantitative estimate of drug-likeness (QED) is 0.803. The van der Waals surface area contributed by atoms with Gasteiger partial charge in [-0.2, -0.15) is 0 Å². The van der Waals surface area contributed by atoms with Crippen molar-refractivity contribution < 1.29 is 13.2 Å². The van der Waals surface area contributed by atoms with Crippen LogP contribution in [0.5, 0.6) is 0 Å². The van der Waals surface area contributed by atoms with Gasteiger partial charge in [-0.3, -0.25) is 9.52 Å². The fourth-order valence-electron chi connectivity index (χ4n) is 1.53. The zero-order valence-electron chi connectivity index (χ0n) is 10.7. The summed E-state index contributed by atoms with van der Waals surface area (Å²) in [5, 5.41) is 2.92. The predicted octanol–water partition coefficient (Wildman–Crippen LogP) is 3.92. The third-order valence-electron chi connectivity index (χ3n) is 2.32. The number of rotatable bonds is 4. The first kappa shape index (κ1) is 16.3. The number of carbonyl (C=O) groups excluding carboxylic acids is 1. The summed E-state index contributed by atoms with van der Waals surface area (Å²) in [6, 6.07) is 7.80. The normalized spacial score (nSPS) is 11.2. The minimum atomic E-state index is -3.72. The maximum absolute atomic E-state index is 12.2. The molecule has 0 radical (unpaired) electrons. The average Bonchev–Trinajstić information content (AvgIpc) is 2.69. The van der Waals surface area contributed by atoms with E-state index >= 15 is 0 Å². The lowest BCUT2D eigenvalue weighted by Crippen LogP contribution is -2.12. The van der Waals surface area contributed by atoms with Crippen molar-refractivity contribution >= 4 is 66.2 Å². The van der Waals surface area contributed by atoms with E-state index in [4.69, 9.17) is 11.6 Å². The second kappa shape index (κ2) is 6.35. The number of benzene rings is 1. The number of anilines is 2. The molecule has 1 heterocycles. The van der Waals surface area contributed by atoms with Crippen LogP contribution < -0.4 is 10.0 Å². The summed E-state index contributed by atoms with van der Waals surface area (Å²) in [5.41, 5.74) is 0.856. The fraction of sp³-hybridized carbons (Fsp3) is 0.0833. The van der Waals surface area contributed by atoms with Gasteiger partial charge in [0, 0.05) is 12.6 Å². The minimum Gasteiger partial charge on any atom is -0.326 e. The molecule has 0 unspecified atom stereocenters. The number of carbonyl (C=O) groups is 1. The number of amides is 1. The summed E-state index contributed by atoms with van der Waals surface area (Å²) < 4.78 is 27.6. The molecule has 0 saturated carbocycles. The number of halogens is 2. The van der Waals surface area contributed by atoms with Crippen LogP contribution in [-0.4, -0.2) is 14.3 Å². The van der Waals surface area contributed by atoms with Crippen LogP contribution in [0.4, 0.5) is 11.4 Å². The van der Waals surface area contributed by atoms with Crippen molar-refractivity contribution in [3.8, 4) is 0 Å². The largest absolute Gasteiger partial charge is 0.326 e. The van der Waals surface area contributed by atoms with Crippen molar-refractivity contribution in [2.24, 2.45) is 0 Å². The zero-order chi connectivity index (χ0) is 15.6. The molecule has 0 spiro atoms. The van der Waals surface area contributed by atoms with Crippen molar-refractivity contribution in [1.29, 1.82) is 0 Å². The van der Waals surface area contributed by atoms with Gasteiger partial charge in [-0.05, 0) is 40.2 Å². The number of thiophene rings is 1. The lowest BCUT2D eigenvalue weighted by Gasteiger charge is -2.08. The van der Waals surface area contributed by atoms with E-state index in [0.717, 1.165) is 11.3 Å². The first-order valence-corrected chi connectivity index (χ1v) is 9.10. The second-order valence-electron chi connectivity index (χ2n) is 4.05. The maximum atomic E-state index is 12.2. The SMILES string of the molecule is CC(=O)Nc1cccc(NS(=O)(=O)c2cc(Cl)c(Br)s2)c1. The Hall–Kier alpha value is -1.09. The third kappa shape index (κ3) is 4.19. The van der Waals surface area contributed by atoms with E-state index in [-0.39, 0.29) is 10.1 Å². The van der Waals surface area contributed by atoms with Gasteiger partial charge in [-0.1, -0.05) is 17.7 Å². The van der Waals surface area contributed by atoms with Crippen LogP contribution in [0.15, 0.2) is 38.3 Å². The van der Waals surface area contributed by atoms with Gasteiger partial charge in [0.15, 0.2) is 0 Å². The third-order valence-corrected chi connectivity index (χ3v) is 6.65. The van der Waals surface area contributed by atoms with E-state index in [0.29, 0.717) is 20.2 Å². The van der Waals surface area contributed by atoms with Crippen molar-refractivity contribution in [3.05, 3.63) is 39.1 Å². The molecule has 0 atom stereocenters. The lowest BCUT2D eigenvalue weighted by molar-refractivity contribution is -0.114. The number of nitrogens with one attached hydrogen (secondary N) is 2. The molecule has 5 nitrogen and oxygen atoms in total. The van der Waals surface area contributed by atoms with Gasteiger partial charge in [-0.15, -0.1) is 11.3 Å². The van der Waals surface area contributed by atoms with E-state index in [1.807, 2.05) is 0 Å². The van der Waals surface area contributed by atoms with Gasteiger partial charge < -0.3 is 5.32 Å². The highest BCUT2D eigenvalue weighted by atomic mass is 79.9. The van der Waals surface area contributed by atoms with E-state index < -0.39 is 10.0 Å². The smallest absolute Gasteiger partial charge is 0.271 e. The number of sulfonamides is 1. The maximum Gasteiger partial charge on any atom is 0.271 e. The Kier molecular flexibility index (Phi) is 4.92. The molecule has 0 fully saturated rings. The highest BCUT2D eigenvalue weighted by molar-refractivity contribution is 9.11. The number of hydrogen-bond donors (Lipinski definition) is 2. The van der Waals surface area contributed by atoms with E-state index in [9.17, 15) is 13.2 Å². The van der Waals surface area contributed by atoms with Crippen LogP contribution in [0.2, 0.25) is 5.02 Å². The molecule has 0 aliphatic rings. The van der Waals surface area contributed by atoms with Crippen molar-refractivity contribution in [2.45, 2.75) is 11.1 Å². The van der Waals surface area contributed by atoms with E-state index in [2.05, 4.69) is 26.0 Å². The lowest BCUT2D eigenvalue weighted by atomic mass is 10.3. The summed E-state index contributed by atoms with van der Waals surface area (Å²) in [6.07, 6.45) is 0.